The van der Waals surface area contributed by atoms with E-state index in [4.69, 9.17) is 5.73 Å². The first kappa shape index (κ1) is 14.7. The van der Waals surface area contributed by atoms with E-state index in [1.54, 1.807) is 0 Å². The van der Waals surface area contributed by atoms with E-state index < -0.39 is 22.1 Å². The van der Waals surface area contributed by atoms with Gasteiger partial charge in [-0.2, -0.15) is 0 Å². The highest BCUT2D eigenvalue weighted by Crippen LogP contribution is 2.27. The largest absolute Gasteiger partial charge is 0.322 e. The first-order chi connectivity index (χ1) is 9.47. The Kier molecular flexibility index (Phi) is 4.54. The second kappa shape index (κ2) is 6.17. The molecule has 2 aromatic carbocycles. The summed E-state index contributed by atoms with van der Waals surface area (Å²) in [6, 6.07) is 17.9. The second-order valence-corrected chi connectivity index (χ2v) is 6.49. The Labute approximate surface area is 119 Å². The zero-order chi connectivity index (χ0) is 14.6. The molecule has 0 aromatic heterocycles. The van der Waals surface area contributed by atoms with Crippen LogP contribution in [0.25, 0.3) is 0 Å². The van der Waals surface area contributed by atoms with E-state index in [9.17, 15) is 8.42 Å². The Morgan fingerprint density at radius 3 is 1.80 bits per heavy atom. The summed E-state index contributed by atoms with van der Waals surface area (Å²) < 4.78 is 25.8. The summed E-state index contributed by atoms with van der Waals surface area (Å²) in [5, 5.41) is 0. The summed E-state index contributed by atoms with van der Waals surface area (Å²) >= 11 is 0. The van der Waals surface area contributed by atoms with Crippen LogP contribution in [0.2, 0.25) is 0 Å². The number of nitrogens with one attached hydrogen (secondary N) is 1. The lowest BCUT2D eigenvalue weighted by Gasteiger charge is -2.25. The highest BCUT2D eigenvalue weighted by Gasteiger charge is 2.24. The van der Waals surface area contributed by atoms with Crippen LogP contribution in [0.5, 0.6) is 0 Å². The van der Waals surface area contributed by atoms with Crippen molar-refractivity contribution in [3.63, 3.8) is 0 Å². The standard InChI is InChI=1S/C15H18N2O2S/c1-20(18,19)17-15(13-10-6-3-7-11-13)14(16)12-8-4-2-5-9-12/h2-11,14-15,17H,16H2,1H3/t14-,15+/m1/s1. The van der Waals surface area contributed by atoms with Gasteiger partial charge in [-0.3, -0.25) is 0 Å². The van der Waals surface area contributed by atoms with Gasteiger partial charge in [0.2, 0.25) is 10.0 Å². The van der Waals surface area contributed by atoms with Crippen molar-refractivity contribution < 1.29 is 8.42 Å². The van der Waals surface area contributed by atoms with Crippen LogP contribution in [0.3, 0.4) is 0 Å². The van der Waals surface area contributed by atoms with Gasteiger partial charge in [0.25, 0.3) is 0 Å². The molecule has 2 atom stereocenters. The Morgan fingerprint density at radius 2 is 1.35 bits per heavy atom. The minimum Gasteiger partial charge on any atom is -0.322 e. The maximum Gasteiger partial charge on any atom is 0.209 e. The summed E-state index contributed by atoms with van der Waals surface area (Å²) in [6.45, 7) is 0. The third kappa shape index (κ3) is 3.90. The fraction of sp³-hybridized carbons (Fsp3) is 0.200. The molecule has 2 aromatic rings. The van der Waals surface area contributed by atoms with Crippen molar-refractivity contribution >= 4 is 10.0 Å². The van der Waals surface area contributed by atoms with Gasteiger partial charge in [-0.05, 0) is 11.1 Å². The van der Waals surface area contributed by atoms with Gasteiger partial charge >= 0.3 is 0 Å². The van der Waals surface area contributed by atoms with Crippen LogP contribution >= 0.6 is 0 Å². The van der Waals surface area contributed by atoms with Crippen molar-refractivity contribution in [2.75, 3.05) is 6.26 Å². The summed E-state index contributed by atoms with van der Waals surface area (Å²) in [5.41, 5.74) is 7.98. The highest BCUT2D eigenvalue weighted by atomic mass is 32.2. The predicted molar refractivity (Wildman–Crippen MR) is 80.5 cm³/mol. The van der Waals surface area contributed by atoms with Crippen molar-refractivity contribution in [2.45, 2.75) is 12.1 Å². The first-order valence-electron chi connectivity index (χ1n) is 6.30. The molecule has 0 radical (unpaired) electrons. The van der Waals surface area contributed by atoms with Gasteiger partial charge in [-0.25, -0.2) is 13.1 Å². The Bertz CT molecular complexity index is 642. The summed E-state index contributed by atoms with van der Waals surface area (Å²) in [6.07, 6.45) is 1.14. The lowest BCUT2D eigenvalue weighted by molar-refractivity contribution is 0.507. The van der Waals surface area contributed by atoms with Crippen molar-refractivity contribution in [1.82, 2.24) is 4.72 Å². The molecule has 0 saturated carbocycles. The van der Waals surface area contributed by atoms with Crippen LogP contribution in [-0.2, 0) is 10.0 Å². The van der Waals surface area contributed by atoms with E-state index in [2.05, 4.69) is 4.72 Å². The van der Waals surface area contributed by atoms with Gasteiger partial charge in [-0.1, -0.05) is 60.7 Å². The molecule has 0 amide bonds. The van der Waals surface area contributed by atoms with Crippen LogP contribution in [0.15, 0.2) is 60.7 Å². The molecule has 0 heterocycles. The number of benzene rings is 2. The average Bonchev–Trinajstić information content (AvgIpc) is 2.45. The van der Waals surface area contributed by atoms with E-state index in [0.29, 0.717) is 0 Å². The maximum absolute atomic E-state index is 11.6. The molecule has 5 heteroatoms. The van der Waals surface area contributed by atoms with E-state index in [1.165, 1.54) is 0 Å². The molecule has 0 fully saturated rings. The third-order valence-electron chi connectivity index (χ3n) is 3.04. The summed E-state index contributed by atoms with van der Waals surface area (Å²) in [5.74, 6) is 0. The molecule has 0 saturated heterocycles. The number of nitrogens with two attached hydrogens (primary N) is 1. The first-order valence-corrected chi connectivity index (χ1v) is 8.19. The van der Waals surface area contributed by atoms with Crippen molar-refractivity contribution in [3.05, 3.63) is 71.8 Å². The molecular weight excluding hydrogens is 272 g/mol. The molecule has 0 aliphatic rings. The van der Waals surface area contributed by atoms with Crippen LogP contribution in [-0.4, -0.2) is 14.7 Å². The summed E-state index contributed by atoms with van der Waals surface area (Å²) in [4.78, 5) is 0. The minimum atomic E-state index is -3.35. The van der Waals surface area contributed by atoms with Crippen molar-refractivity contribution in [1.29, 1.82) is 0 Å². The van der Waals surface area contributed by atoms with Gasteiger partial charge in [0, 0.05) is 0 Å². The van der Waals surface area contributed by atoms with Crippen LogP contribution in [0.1, 0.15) is 23.2 Å². The molecule has 0 bridgehead atoms. The Morgan fingerprint density at radius 1 is 0.900 bits per heavy atom. The number of rotatable bonds is 5. The Hall–Kier alpha value is -1.69. The van der Waals surface area contributed by atoms with Crippen molar-refractivity contribution in [2.24, 2.45) is 5.73 Å². The van der Waals surface area contributed by atoms with E-state index in [1.807, 2.05) is 60.7 Å². The summed E-state index contributed by atoms with van der Waals surface area (Å²) in [7, 11) is -3.35. The fourth-order valence-electron chi connectivity index (χ4n) is 2.11. The number of sulfonamides is 1. The smallest absolute Gasteiger partial charge is 0.209 e. The molecule has 106 valence electrons. The monoisotopic (exact) mass is 290 g/mol. The van der Waals surface area contributed by atoms with Crippen molar-refractivity contribution in [3.8, 4) is 0 Å². The topological polar surface area (TPSA) is 72.2 Å². The maximum atomic E-state index is 11.6. The molecule has 0 aliphatic carbocycles. The molecule has 0 unspecified atom stereocenters. The van der Waals surface area contributed by atoms with Crippen LogP contribution in [0, 0.1) is 0 Å². The molecule has 0 aliphatic heterocycles. The lowest BCUT2D eigenvalue weighted by atomic mass is 9.95. The lowest BCUT2D eigenvalue weighted by Crippen LogP contribution is -2.35. The minimum absolute atomic E-state index is 0.451. The molecule has 20 heavy (non-hydrogen) atoms. The number of hydrogen-bond acceptors (Lipinski definition) is 3. The van der Waals surface area contributed by atoms with Gasteiger partial charge in [0.05, 0.1) is 18.3 Å². The normalized spacial score (nSPS) is 14.7. The van der Waals surface area contributed by atoms with Gasteiger partial charge < -0.3 is 5.73 Å². The van der Waals surface area contributed by atoms with Crippen LogP contribution < -0.4 is 10.5 Å². The van der Waals surface area contributed by atoms with Gasteiger partial charge in [0.15, 0.2) is 0 Å². The molecular formula is C15H18N2O2S. The zero-order valence-electron chi connectivity index (χ0n) is 11.2. The fourth-order valence-corrected chi connectivity index (χ4v) is 2.85. The molecule has 4 nitrogen and oxygen atoms in total. The van der Waals surface area contributed by atoms with Gasteiger partial charge in [0.1, 0.15) is 0 Å². The Balaban J connectivity index is 2.37. The van der Waals surface area contributed by atoms with E-state index in [0.717, 1.165) is 17.4 Å². The van der Waals surface area contributed by atoms with Gasteiger partial charge in [-0.15, -0.1) is 0 Å². The predicted octanol–water partition coefficient (Wildman–Crippen LogP) is 1.98. The van der Waals surface area contributed by atoms with E-state index >= 15 is 0 Å². The SMILES string of the molecule is CS(=O)(=O)N[C@@H](c1ccccc1)[C@H](N)c1ccccc1. The quantitative estimate of drug-likeness (QED) is 0.884. The number of hydrogen-bond donors (Lipinski definition) is 2. The molecule has 3 N–H and O–H groups in total. The third-order valence-corrected chi connectivity index (χ3v) is 3.73. The second-order valence-electron chi connectivity index (χ2n) is 4.71. The molecule has 2 rings (SSSR count). The molecule has 0 spiro atoms. The average molecular weight is 290 g/mol. The highest BCUT2D eigenvalue weighted by molar-refractivity contribution is 7.88. The zero-order valence-corrected chi connectivity index (χ0v) is 12.0. The van der Waals surface area contributed by atoms with E-state index in [-0.39, 0.29) is 0 Å². The van der Waals surface area contributed by atoms with Crippen LogP contribution in [0.4, 0.5) is 0 Å².